The number of anilines is 3. The number of hydrogen-bond donors (Lipinski definition) is 3. The van der Waals surface area contributed by atoms with Gasteiger partial charge in [0.05, 0.1) is 19.2 Å². The van der Waals surface area contributed by atoms with Crippen LogP contribution in [0.15, 0.2) is 30.3 Å². The number of likely N-dealkylation sites (N-methyl/N-ethyl adjacent to an activating group) is 1. The number of benzene rings is 1. The van der Waals surface area contributed by atoms with E-state index in [2.05, 4.69) is 25.6 Å². The number of carbonyl (C=O) groups is 1. The van der Waals surface area contributed by atoms with Gasteiger partial charge in [0.25, 0.3) is 0 Å². The van der Waals surface area contributed by atoms with Crippen molar-refractivity contribution in [2.75, 3.05) is 44.9 Å². The number of para-hydroxylation sites is 1. The van der Waals surface area contributed by atoms with Gasteiger partial charge < -0.3 is 21.1 Å². The van der Waals surface area contributed by atoms with E-state index in [4.69, 9.17) is 10.5 Å². The first-order chi connectivity index (χ1) is 12.5. The van der Waals surface area contributed by atoms with Crippen LogP contribution in [0.4, 0.5) is 17.6 Å². The van der Waals surface area contributed by atoms with Crippen LogP contribution in [0.2, 0.25) is 0 Å². The van der Waals surface area contributed by atoms with Gasteiger partial charge in [0.1, 0.15) is 0 Å². The first-order valence-electron chi connectivity index (χ1n) is 8.29. The maximum absolute atomic E-state index is 11.9. The molecule has 1 aromatic heterocycles. The summed E-state index contributed by atoms with van der Waals surface area (Å²) in [6.45, 7) is 3.06. The second kappa shape index (κ2) is 9.64. The predicted molar refractivity (Wildman–Crippen MR) is 99.9 cm³/mol. The highest BCUT2D eigenvalue weighted by molar-refractivity contribution is 5.78. The summed E-state index contributed by atoms with van der Waals surface area (Å²) in [5.74, 6) is 0.880. The van der Waals surface area contributed by atoms with Gasteiger partial charge in [0.2, 0.25) is 17.8 Å². The number of amides is 1. The summed E-state index contributed by atoms with van der Waals surface area (Å²) in [7, 11) is 3.41. The van der Waals surface area contributed by atoms with Crippen molar-refractivity contribution in [2.24, 2.45) is 0 Å². The molecule has 1 amide bonds. The fraction of sp³-hybridized carbons (Fsp3) is 0.412. The summed E-state index contributed by atoms with van der Waals surface area (Å²) in [5, 5.41) is 5.88. The molecule has 26 heavy (non-hydrogen) atoms. The van der Waals surface area contributed by atoms with Gasteiger partial charge in [-0.3, -0.25) is 9.69 Å². The number of methoxy groups -OCH3 is 1. The molecular formula is C17H25N7O2. The number of carbonyl (C=O) groups excluding carboxylic acids is 1. The number of ether oxygens (including phenoxy) is 1. The predicted octanol–water partition coefficient (Wildman–Crippen LogP) is 0.953. The maximum Gasteiger partial charge on any atom is 0.234 e. The van der Waals surface area contributed by atoms with E-state index >= 15 is 0 Å². The summed E-state index contributed by atoms with van der Waals surface area (Å²) in [6.07, 6.45) is 0. The normalized spacial score (nSPS) is 12.0. The fourth-order valence-electron chi connectivity index (χ4n) is 2.21. The van der Waals surface area contributed by atoms with E-state index in [9.17, 15) is 4.79 Å². The topological polar surface area (TPSA) is 118 Å². The molecule has 4 N–H and O–H groups in total. The minimum atomic E-state index is -0.218. The quantitative estimate of drug-likeness (QED) is 0.567. The van der Waals surface area contributed by atoms with Crippen molar-refractivity contribution in [3.63, 3.8) is 0 Å². The Balaban J connectivity index is 2.03. The van der Waals surface area contributed by atoms with E-state index in [1.54, 1.807) is 7.11 Å². The minimum Gasteiger partial charge on any atom is -0.383 e. The van der Waals surface area contributed by atoms with Crippen LogP contribution in [0.3, 0.4) is 0 Å². The zero-order chi connectivity index (χ0) is 18.9. The lowest BCUT2D eigenvalue weighted by molar-refractivity contribution is -0.122. The highest BCUT2D eigenvalue weighted by Gasteiger charge is 2.19. The molecule has 0 fully saturated rings. The average molecular weight is 359 g/mol. The van der Waals surface area contributed by atoms with Gasteiger partial charge in [0.15, 0.2) is 5.82 Å². The third-order valence-corrected chi connectivity index (χ3v) is 3.76. The van der Waals surface area contributed by atoms with Gasteiger partial charge in [-0.1, -0.05) is 18.2 Å². The molecule has 1 atom stereocenters. The SMILES string of the molecule is COCCNC(=O)CN(C)C(C)c1nc(N)nc(Nc2ccccc2)n1. The Kier molecular flexibility index (Phi) is 7.24. The van der Waals surface area contributed by atoms with Gasteiger partial charge in [-0.25, -0.2) is 0 Å². The van der Waals surface area contributed by atoms with Crippen LogP contribution < -0.4 is 16.4 Å². The van der Waals surface area contributed by atoms with Crippen molar-refractivity contribution < 1.29 is 9.53 Å². The number of aromatic nitrogens is 3. The van der Waals surface area contributed by atoms with Crippen LogP contribution in [-0.2, 0) is 9.53 Å². The van der Waals surface area contributed by atoms with Gasteiger partial charge >= 0.3 is 0 Å². The number of hydrogen-bond acceptors (Lipinski definition) is 8. The minimum absolute atomic E-state index is 0.0962. The second-order valence-corrected chi connectivity index (χ2v) is 5.80. The third kappa shape index (κ3) is 5.94. The zero-order valence-corrected chi connectivity index (χ0v) is 15.3. The van der Waals surface area contributed by atoms with Crippen LogP contribution in [0, 0.1) is 0 Å². The van der Waals surface area contributed by atoms with Gasteiger partial charge in [-0.2, -0.15) is 15.0 Å². The Bertz CT molecular complexity index is 712. The van der Waals surface area contributed by atoms with Crippen LogP contribution >= 0.6 is 0 Å². The van der Waals surface area contributed by atoms with E-state index in [1.165, 1.54) is 0 Å². The Morgan fingerprint density at radius 3 is 2.69 bits per heavy atom. The monoisotopic (exact) mass is 359 g/mol. The van der Waals surface area contributed by atoms with E-state index in [0.717, 1.165) is 5.69 Å². The molecule has 2 rings (SSSR count). The van der Waals surface area contributed by atoms with Crippen LogP contribution in [-0.4, -0.2) is 59.6 Å². The average Bonchev–Trinajstić information content (AvgIpc) is 2.61. The summed E-state index contributed by atoms with van der Waals surface area (Å²) in [5.41, 5.74) is 6.67. The molecule has 1 heterocycles. The number of nitrogen functional groups attached to an aromatic ring is 1. The summed E-state index contributed by atoms with van der Waals surface area (Å²) < 4.78 is 4.91. The zero-order valence-electron chi connectivity index (χ0n) is 15.3. The van der Waals surface area contributed by atoms with Crippen LogP contribution in [0.1, 0.15) is 18.8 Å². The van der Waals surface area contributed by atoms with E-state index in [0.29, 0.717) is 24.9 Å². The van der Waals surface area contributed by atoms with Gasteiger partial charge in [0, 0.05) is 19.3 Å². The van der Waals surface area contributed by atoms with Crippen LogP contribution in [0.25, 0.3) is 0 Å². The summed E-state index contributed by atoms with van der Waals surface area (Å²) >= 11 is 0. The maximum atomic E-state index is 11.9. The molecule has 0 saturated heterocycles. The van der Waals surface area contributed by atoms with Crippen molar-refractivity contribution >= 4 is 23.5 Å². The summed E-state index contributed by atoms with van der Waals surface area (Å²) in [6, 6.07) is 9.33. The molecule has 0 saturated carbocycles. The fourth-order valence-corrected chi connectivity index (χ4v) is 2.21. The molecule has 0 aliphatic carbocycles. The Morgan fingerprint density at radius 1 is 1.27 bits per heavy atom. The standard InChI is InChI=1S/C17H25N7O2/c1-12(24(2)11-14(25)19-9-10-26-3)15-21-16(18)23-17(22-15)20-13-7-5-4-6-8-13/h4-8,12H,9-11H2,1-3H3,(H,19,25)(H3,18,20,21,22,23). The molecule has 0 bridgehead atoms. The van der Waals surface area contributed by atoms with E-state index < -0.39 is 0 Å². The molecule has 0 spiro atoms. The van der Waals surface area contributed by atoms with E-state index in [1.807, 2.05) is 49.2 Å². The van der Waals surface area contributed by atoms with Crippen molar-refractivity contribution in [1.82, 2.24) is 25.2 Å². The molecule has 0 aliphatic heterocycles. The number of nitrogens with two attached hydrogens (primary N) is 1. The molecule has 0 aliphatic rings. The smallest absolute Gasteiger partial charge is 0.234 e. The second-order valence-electron chi connectivity index (χ2n) is 5.80. The summed E-state index contributed by atoms with van der Waals surface area (Å²) in [4.78, 5) is 26.5. The first-order valence-corrected chi connectivity index (χ1v) is 8.29. The van der Waals surface area contributed by atoms with Gasteiger partial charge in [-0.15, -0.1) is 0 Å². The molecule has 9 nitrogen and oxygen atoms in total. The molecule has 2 aromatic rings. The molecule has 0 radical (unpaired) electrons. The molecule has 140 valence electrons. The Hall–Kier alpha value is -2.78. The van der Waals surface area contributed by atoms with Crippen molar-refractivity contribution in [1.29, 1.82) is 0 Å². The van der Waals surface area contributed by atoms with Crippen molar-refractivity contribution in [3.8, 4) is 0 Å². The number of nitrogens with zero attached hydrogens (tertiary/aromatic N) is 4. The van der Waals surface area contributed by atoms with E-state index in [-0.39, 0.29) is 24.4 Å². The van der Waals surface area contributed by atoms with Crippen LogP contribution in [0.5, 0.6) is 0 Å². The highest BCUT2D eigenvalue weighted by atomic mass is 16.5. The number of rotatable bonds is 9. The lowest BCUT2D eigenvalue weighted by Crippen LogP contribution is -2.38. The lowest BCUT2D eigenvalue weighted by Gasteiger charge is -2.23. The molecule has 9 heteroatoms. The lowest BCUT2D eigenvalue weighted by atomic mass is 10.2. The van der Waals surface area contributed by atoms with Gasteiger partial charge in [-0.05, 0) is 26.1 Å². The Labute approximate surface area is 153 Å². The Morgan fingerprint density at radius 2 is 2.00 bits per heavy atom. The molecule has 1 unspecified atom stereocenters. The largest absolute Gasteiger partial charge is 0.383 e. The third-order valence-electron chi connectivity index (χ3n) is 3.76. The highest BCUT2D eigenvalue weighted by Crippen LogP contribution is 2.18. The number of nitrogens with one attached hydrogen (secondary N) is 2. The van der Waals surface area contributed by atoms with Crippen molar-refractivity contribution in [3.05, 3.63) is 36.2 Å². The molecular weight excluding hydrogens is 334 g/mol. The molecule has 1 aromatic carbocycles. The van der Waals surface area contributed by atoms with Crippen molar-refractivity contribution in [2.45, 2.75) is 13.0 Å². The first kappa shape index (κ1) is 19.5.